The molecule has 4 nitrogen and oxygen atoms in total. The van der Waals surface area contributed by atoms with Crippen molar-refractivity contribution in [2.24, 2.45) is 0 Å². The van der Waals surface area contributed by atoms with Crippen LogP contribution in [0.5, 0.6) is 5.75 Å². The Kier molecular flexibility index (Phi) is 5.96. The van der Waals surface area contributed by atoms with E-state index in [0.29, 0.717) is 28.3 Å². The highest BCUT2D eigenvalue weighted by Gasteiger charge is 2.41. The van der Waals surface area contributed by atoms with Gasteiger partial charge in [0.2, 0.25) is 0 Å². The van der Waals surface area contributed by atoms with Crippen molar-refractivity contribution in [2.75, 3.05) is 11.5 Å². The number of carbonyl (C=O) groups excluding carboxylic acids is 2. The zero-order valence-electron chi connectivity index (χ0n) is 17.7. The van der Waals surface area contributed by atoms with Crippen LogP contribution in [0.1, 0.15) is 23.6 Å². The number of benzene rings is 3. The van der Waals surface area contributed by atoms with Crippen molar-refractivity contribution in [1.29, 1.82) is 0 Å². The summed E-state index contributed by atoms with van der Waals surface area (Å²) in [7, 11) is 0. The van der Waals surface area contributed by atoms with Crippen molar-refractivity contribution >= 4 is 34.8 Å². The number of amides is 2. The second-order valence-electron chi connectivity index (χ2n) is 7.31. The Morgan fingerprint density at radius 2 is 1.58 bits per heavy atom. The lowest BCUT2D eigenvalue weighted by Gasteiger charge is -2.18. The lowest BCUT2D eigenvalue weighted by atomic mass is 10.1. The summed E-state index contributed by atoms with van der Waals surface area (Å²) in [5, 5.41) is 0. The minimum absolute atomic E-state index is 0.297. The normalized spacial score (nSPS) is 13.8. The number of aryl methyl sites for hydroxylation is 2. The van der Waals surface area contributed by atoms with Gasteiger partial charge in [0.1, 0.15) is 5.75 Å². The van der Waals surface area contributed by atoms with E-state index in [0.717, 1.165) is 21.8 Å². The number of imide groups is 1. The van der Waals surface area contributed by atoms with Crippen LogP contribution in [0.3, 0.4) is 0 Å². The summed E-state index contributed by atoms with van der Waals surface area (Å²) >= 11 is 1.32. The van der Waals surface area contributed by atoms with Gasteiger partial charge in [-0.05, 0) is 62.2 Å². The molecule has 5 heteroatoms. The highest BCUT2D eigenvalue weighted by atomic mass is 32.2. The largest absolute Gasteiger partial charge is 0.494 e. The minimum atomic E-state index is -0.306. The molecule has 1 aliphatic heterocycles. The van der Waals surface area contributed by atoms with Crippen LogP contribution < -0.4 is 9.64 Å². The van der Waals surface area contributed by atoms with E-state index in [1.54, 1.807) is 0 Å². The molecule has 31 heavy (non-hydrogen) atoms. The van der Waals surface area contributed by atoms with Gasteiger partial charge in [-0.3, -0.25) is 9.59 Å². The monoisotopic (exact) mass is 429 g/mol. The summed E-state index contributed by atoms with van der Waals surface area (Å²) in [6, 6.07) is 22.7. The van der Waals surface area contributed by atoms with Crippen LogP contribution in [-0.4, -0.2) is 18.4 Å². The van der Waals surface area contributed by atoms with Gasteiger partial charge in [-0.2, -0.15) is 0 Å². The number of nitrogens with zero attached hydrogens (tertiary/aromatic N) is 1. The molecule has 0 atom stereocenters. The maximum Gasteiger partial charge on any atom is 0.272 e. The lowest BCUT2D eigenvalue weighted by molar-refractivity contribution is -0.119. The van der Waals surface area contributed by atoms with Crippen LogP contribution >= 0.6 is 11.8 Å². The molecule has 0 N–H and O–H groups in total. The van der Waals surface area contributed by atoms with Gasteiger partial charge < -0.3 is 4.74 Å². The van der Waals surface area contributed by atoms with Gasteiger partial charge in [0.15, 0.2) is 0 Å². The number of hydrogen-bond donors (Lipinski definition) is 0. The van der Waals surface area contributed by atoms with Crippen molar-refractivity contribution < 1.29 is 14.3 Å². The van der Waals surface area contributed by atoms with E-state index in [-0.39, 0.29) is 11.8 Å². The van der Waals surface area contributed by atoms with Crippen molar-refractivity contribution in [3.63, 3.8) is 0 Å². The SMILES string of the molecule is CCOc1ccc(C2=C(Sc3ccccc3)C(=O)N(c3ccc(C)cc3C)C2=O)cc1. The van der Waals surface area contributed by atoms with Crippen LogP contribution in [0.25, 0.3) is 5.57 Å². The molecule has 0 aromatic heterocycles. The smallest absolute Gasteiger partial charge is 0.272 e. The fourth-order valence-electron chi connectivity index (χ4n) is 3.62. The summed E-state index contributed by atoms with van der Waals surface area (Å²) in [6.45, 7) is 6.40. The van der Waals surface area contributed by atoms with E-state index in [2.05, 4.69) is 0 Å². The number of hydrogen-bond acceptors (Lipinski definition) is 4. The first kappa shape index (κ1) is 20.9. The average molecular weight is 430 g/mol. The van der Waals surface area contributed by atoms with E-state index < -0.39 is 0 Å². The molecule has 3 aromatic carbocycles. The maximum atomic E-state index is 13.6. The summed E-state index contributed by atoms with van der Waals surface area (Å²) < 4.78 is 5.53. The Hall–Kier alpha value is -3.31. The zero-order valence-corrected chi connectivity index (χ0v) is 18.5. The summed E-state index contributed by atoms with van der Waals surface area (Å²) in [5.41, 5.74) is 3.71. The fourth-order valence-corrected chi connectivity index (χ4v) is 4.64. The predicted molar refractivity (Wildman–Crippen MR) is 125 cm³/mol. The molecule has 1 heterocycles. The first-order valence-electron chi connectivity index (χ1n) is 10.2. The second-order valence-corrected chi connectivity index (χ2v) is 8.40. The second kappa shape index (κ2) is 8.82. The molecule has 0 unspecified atom stereocenters. The Balaban J connectivity index is 1.80. The molecule has 1 aliphatic rings. The Morgan fingerprint density at radius 3 is 2.23 bits per heavy atom. The van der Waals surface area contributed by atoms with Gasteiger partial charge in [0.05, 0.1) is 22.8 Å². The lowest BCUT2D eigenvalue weighted by Crippen LogP contribution is -2.31. The van der Waals surface area contributed by atoms with Crippen molar-refractivity contribution in [2.45, 2.75) is 25.7 Å². The first-order chi connectivity index (χ1) is 15.0. The summed E-state index contributed by atoms with van der Waals surface area (Å²) in [6.07, 6.45) is 0. The molecule has 0 saturated carbocycles. The average Bonchev–Trinajstić information content (AvgIpc) is 3.00. The highest BCUT2D eigenvalue weighted by Crippen LogP contribution is 2.42. The summed E-state index contributed by atoms with van der Waals surface area (Å²) in [4.78, 5) is 29.7. The molecule has 3 aromatic rings. The number of rotatable bonds is 6. The predicted octanol–water partition coefficient (Wildman–Crippen LogP) is 5.78. The molecule has 156 valence electrons. The van der Waals surface area contributed by atoms with Gasteiger partial charge in [-0.1, -0.05) is 59.8 Å². The van der Waals surface area contributed by atoms with Gasteiger partial charge in [-0.15, -0.1) is 0 Å². The number of anilines is 1. The summed E-state index contributed by atoms with van der Waals surface area (Å²) in [5.74, 6) is 0.126. The number of thioether (sulfide) groups is 1. The molecule has 2 amide bonds. The molecule has 0 radical (unpaired) electrons. The molecule has 0 spiro atoms. The van der Waals surface area contributed by atoms with E-state index in [1.807, 2.05) is 93.6 Å². The third kappa shape index (κ3) is 4.14. The van der Waals surface area contributed by atoms with Crippen LogP contribution in [0, 0.1) is 13.8 Å². The molecule has 4 rings (SSSR count). The van der Waals surface area contributed by atoms with Crippen LogP contribution in [0.15, 0.2) is 82.6 Å². The van der Waals surface area contributed by atoms with Gasteiger partial charge in [0, 0.05) is 4.90 Å². The molecule has 0 bridgehead atoms. The fraction of sp³-hybridized carbons (Fsp3) is 0.154. The van der Waals surface area contributed by atoms with Crippen molar-refractivity contribution in [1.82, 2.24) is 0 Å². The number of carbonyl (C=O) groups is 2. The van der Waals surface area contributed by atoms with Crippen LogP contribution in [0.4, 0.5) is 5.69 Å². The standard InChI is InChI=1S/C26H23NO3S/c1-4-30-20-13-11-19(12-14-20)23-24(31-21-8-6-5-7-9-21)26(29)27(25(23)28)22-15-10-17(2)16-18(22)3/h5-16H,4H2,1-3H3. The maximum absolute atomic E-state index is 13.6. The zero-order chi connectivity index (χ0) is 22.0. The third-order valence-corrected chi connectivity index (χ3v) is 6.14. The Labute approximate surface area is 186 Å². The minimum Gasteiger partial charge on any atom is -0.494 e. The molecule has 0 fully saturated rings. The van der Waals surface area contributed by atoms with Crippen LogP contribution in [-0.2, 0) is 9.59 Å². The topological polar surface area (TPSA) is 46.6 Å². The Morgan fingerprint density at radius 1 is 0.871 bits per heavy atom. The van der Waals surface area contributed by atoms with Gasteiger partial charge in [-0.25, -0.2) is 4.90 Å². The van der Waals surface area contributed by atoms with E-state index >= 15 is 0 Å². The highest BCUT2D eigenvalue weighted by molar-refractivity contribution is 8.04. The van der Waals surface area contributed by atoms with E-state index in [1.165, 1.54) is 16.7 Å². The van der Waals surface area contributed by atoms with Crippen LogP contribution in [0.2, 0.25) is 0 Å². The van der Waals surface area contributed by atoms with Gasteiger partial charge >= 0.3 is 0 Å². The molecule has 0 aliphatic carbocycles. The van der Waals surface area contributed by atoms with E-state index in [9.17, 15) is 9.59 Å². The van der Waals surface area contributed by atoms with E-state index in [4.69, 9.17) is 4.74 Å². The number of ether oxygens (including phenoxy) is 1. The van der Waals surface area contributed by atoms with Gasteiger partial charge in [0.25, 0.3) is 11.8 Å². The van der Waals surface area contributed by atoms with Crippen molar-refractivity contribution in [3.8, 4) is 5.75 Å². The third-order valence-electron chi connectivity index (χ3n) is 5.05. The molecule has 0 saturated heterocycles. The Bertz CT molecular complexity index is 1170. The quantitative estimate of drug-likeness (QED) is 0.466. The van der Waals surface area contributed by atoms with Crippen molar-refractivity contribution in [3.05, 3.63) is 94.4 Å². The molecular formula is C26H23NO3S. The first-order valence-corrected chi connectivity index (χ1v) is 11.0. The molecular weight excluding hydrogens is 406 g/mol.